The third kappa shape index (κ3) is 6.53. The van der Waals surface area contributed by atoms with Crippen molar-refractivity contribution in [2.45, 2.75) is 19.1 Å². The fraction of sp³-hybridized carbons (Fsp3) is 0.364. The molecule has 0 bridgehead atoms. The largest absolute Gasteiger partial charge is 0.493 e. The second-order valence-electron chi connectivity index (χ2n) is 7.10. The molecule has 1 amide bonds. The smallest absolute Gasteiger partial charge is 0.254 e. The Bertz CT molecular complexity index is 856. The second-order valence-corrected chi connectivity index (χ2v) is 7.10. The topological polar surface area (TPSA) is 101 Å². The molecule has 162 valence electrons. The minimum atomic E-state index is -1.15. The van der Waals surface area contributed by atoms with E-state index in [-0.39, 0.29) is 17.9 Å². The van der Waals surface area contributed by atoms with Gasteiger partial charge in [0.05, 0.1) is 12.2 Å². The van der Waals surface area contributed by atoms with Crippen molar-refractivity contribution in [1.82, 2.24) is 10.2 Å². The highest BCUT2D eigenvalue weighted by Gasteiger charge is 2.27. The number of benzene rings is 2. The van der Waals surface area contributed by atoms with Crippen molar-refractivity contribution in [3.05, 3.63) is 65.0 Å². The molecule has 4 N–H and O–H groups in total. The standard InChI is InChI=1S/C22H29FN4O3/c1-27(2)12-5-13-30-18-7-4-6-17(23)19(18)20(29-3)22(28)26-14-15-8-10-16(11-9-15)21(24)25/h4,6-11,20H,5,12-14H2,1-3H3,(H3,24,25)(H,26,28)/t20-/m0/s1. The van der Waals surface area contributed by atoms with E-state index in [0.717, 1.165) is 18.5 Å². The molecule has 0 heterocycles. The number of methoxy groups -OCH3 is 1. The Labute approximate surface area is 176 Å². The van der Waals surface area contributed by atoms with Gasteiger partial charge < -0.3 is 25.4 Å². The molecule has 0 aromatic heterocycles. The molecule has 2 rings (SSSR count). The van der Waals surface area contributed by atoms with Gasteiger partial charge in [-0.1, -0.05) is 30.3 Å². The van der Waals surface area contributed by atoms with Crippen LogP contribution in [0.1, 0.15) is 29.2 Å². The van der Waals surface area contributed by atoms with Crippen LogP contribution in [0.25, 0.3) is 0 Å². The molecule has 0 aliphatic heterocycles. The quantitative estimate of drug-likeness (QED) is 0.297. The van der Waals surface area contributed by atoms with Crippen molar-refractivity contribution >= 4 is 11.7 Å². The third-order valence-electron chi connectivity index (χ3n) is 4.49. The number of hydrogen-bond donors (Lipinski definition) is 3. The lowest BCUT2D eigenvalue weighted by atomic mass is 10.1. The Hall–Kier alpha value is -2.97. The third-order valence-corrected chi connectivity index (χ3v) is 4.49. The minimum Gasteiger partial charge on any atom is -0.493 e. The first kappa shape index (κ1) is 23.3. The number of amidine groups is 1. The van der Waals surface area contributed by atoms with Gasteiger partial charge in [0.1, 0.15) is 17.4 Å². The van der Waals surface area contributed by atoms with Crippen LogP contribution >= 0.6 is 0 Å². The fourth-order valence-electron chi connectivity index (χ4n) is 2.90. The number of rotatable bonds is 11. The van der Waals surface area contributed by atoms with Crippen LogP contribution in [0, 0.1) is 11.2 Å². The van der Waals surface area contributed by atoms with E-state index in [1.807, 2.05) is 19.0 Å². The number of halogens is 1. The van der Waals surface area contributed by atoms with Gasteiger partial charge in [0.25, 0.3) is 5.91 Å². The molecule has 0 unspecified atom stereocenters. The molecule has 1 atom stereocenters. The molecule has 0 spiro atoms. The lowest BCUT2D eigenvalue weighted by Gasteiger charge is -2.20. The number of nitrogens with one attached hydrogen (secondary N) is 2. The lowest BCUT2D eigenvalue weighted by molar-refractivity contribution is -0.131. The number of carbonyl (C=O) groups is 1. The van der Waals surface area contributed by atoms with Gasteiger partial charge in [-0.2, -0.15) is 0 Å². The average molecular weight is 416 g/mol. The Kier molecular flexibility index (Phi) is 8.76. The zero-order valence-electron chi connectivity index (χ0n) is 17.6. The number of carbonyl (C=O) groups excluding carboxylic acids is 1. The van der Waals surface area contributed by atoms with Crippen LogP contribution in [0.4, 0.5) is 4.39 Å². The van der Waals surface area contributed by atoms with Crippen LogP contribution in [0.5, 0.6) is 5.75 Å². The molecule has 0 saturated heterocycles. The van der Waals surface area contributed by atoms with Crippen molar-refractivity contribution in [2.75, 3.05) is 34.4 Å². The Morgan fingerprint density at radius 3 is 2.53 bits per heavy atom. The number of nitrogens with two attached hydrogens (primary N) is 1. The molecule has 2 aromatic carbocycles. The van der Waals surface area contributed by atoms with Crippen LogP contribution in [0.2, 0.25) is 0 Å². The fourth-order valence-corrected chi connectivity index (χ4v) is 2.90. The number of nitrogen functional groups attached to an aromatic ring is 1. The molecule has 30 heavy (non-hydrogen) atoms. The Morgan fingerprint density at radius 2 is 1.93 bits per heavy atom. The summed E-state index contributed by atoms with van der Waals surface area (Å²) in [6.07, 6.45) is -0.380. The van der Waals surface area contributed by atoms with Crippen LogP contribution in [0.15, 0.2) is 42.5 Å². The van der Waals surface area contributed by atoms with E-state index in [9.17, 15) is 9.18 Å². The molecule has 0 aliphatic rings. The summed E-state index contributed by atoms with van der Waals surface area (Å²) in [5.74, 6) is -0.770. The summed E-state index contributed by atoms with van der Waals surface area (Å²) < 4.78 is 25.6. The molecule has 0 radical (unpaired) electrons. The van der Waals surface area contributed by atoms with Gasteiger partial charge in [0.15, 0.2) is 6.10 Å². The lowest BCUT2D eigenvalue weighted by Crippen LogP contribution is -2.31. The molecular weight excluding hydrogens is 387 g/mol. The summed E-state index contributed by atoms with van der Waals surface area (Å²) in [4.78, 5) is 14.8. The van der Waals surface area contributed by atoms with Crippen LogP contribution in [-0.4, -0.2) is 51.0 Å². The molecule has 0 saturated carbocycles. The van der Waals surface area contributed by atoms with E-state index in [4.69, 9.17) is 20.6 Å². The van der Waals surface area contributed by atoms with Gasteiger partial charge in [0.2, 0.25) is 0 Å². The maximum Gasteiger partial charge on any atom is 0.254 e. The Morgan fingerprint density at radius 1 is 1.23 bits per heavy atom. The number of ether oxygens (including phenoxy) is 2. The first-order valence-corrected chi connectivity index (χ1v) is 9.63. The van der Waals surface area contributed by atoms with Gasteiger partial charge in [-0.25, -0.2) is 4.39 Å². The first-order valence-electron chi connectivity index (χ1n) is 9.63. The summed E-state index contributed by atoms with van der Waals surface area (Å²) in [5.41, 5.74) is 6.94. The van der Waals surface area contributed by atoms with Gasteiger partial charge in [0, 0.05) is 25.8 Å². The summed E-state index contributed by atoms with van der Waals surface area (Å²) in [6, 6.07) is 11.4. The van der Waals surface area contributed by atoms with Crippen LogP contribution < -0.4 is 15.8 Å². The summed E-state index contributed by atoms with van der Waals surface area (Å²) >= 11 is 0. The number of nitrogens with zero attached hydrogens (tertiary/aromatic N) is 1. The summed E-state index contributed by atoms with van der Waals surface area (Å²) in [6.45, 7) is 1.46. The molecule has 7 nitrogen and oxygen atoms in total. The highest BCUT2D eigenvalue weighted by atomic mass is 19.1. The number of hydrogen-bond acceptors (Lipinski definition) is 5. The SMILES string of the molecule is CO[C@H](C(=O)NCc1ccc(C(=N)N)cc1)c1c(F)cccc1OCCCN(C)C. The number of amides is 1. The minimum absolute atomic E-state index is 0.0253. The van der Waals surface area contributed by atoms with Gasteiger partial charge >= 0.3 is 0 Å². The highest BCUT2D eigenvalue weighted by Crippen LogP contribution is 2.30. The van der Waals surface area contributed by atoms with E-state index in [2.05, 4.69) is 5.32 Å². The van der Waals surface area contributed by atoms with Crippen LogP contribution in [-0.2, 0) is 16.1 Å². The normalized spacial score (nSPS) is 11.9. The van der Waals surface area contributed by atoms with Crippen molar-refractivity contribution in [2.24, 2.45) is 5.73 Å². The van der Waals surface area contributed by atoms with E-state index in [1.165, 1.54) is 13.2 Å². The van der Waals surface area contributed by atoms with Gasteiger partial charge in [-0.05, 0) is 38.2 Å². The van der Waals surface area contributed by atoms with Crippen LogP contribution in [0.3, 0.4) is 0 Å². The second kappa shape index (κ2) is 11.3. The Balaban J connectivity index is 2.08. The monoisotopic (exact) mass is 416 g/mol. The predicted octanol–water partition coefficient (Wildman–Crippen LogP) is 2.44. The van der Waals surface area contributed by atoms with Crippen molar-refractivity contribution in [3.63, 3.8) is 0 Å². The first-order chi connectivity index (χ1) is 14.3. The van der Waals surface area contributed by atoms with Crippen molar-refractivity contribution in [1.29, 1.82) is 5.41 Å². The molecule has 8 heteroatoms. The molecule has 0 fully saturated rings. The van der Waals surface area contributed by atoms with Crippen molar-refractivity contribution in [3.8, 4) is 5.75 Å². The van der Waals surface area contributed by atoms with Crippen molar-refractivity contribution < 1.29 is 18.7 Å². The predicted molar refractivity (Wildman–Crippen MR) is 114 cm³/mol. The zero-order valence-corrected chi connectivity index (χ0v) is 17.6. The maximum atomic E-state index is 14.6. The van der Waals surface area contributed by atoms with E-state index in [1.54, 1.807) is 36.4 Å². The zero-order chi connectivity index (χ0) is 22.1. The van der Waals surface area contributed by atoms with E-state index in [0.29, 0.717) is 17.9 Å². The van der Waals surface area contributed by atoms with E-state index >= 15 is 0 Å². The molecule has 0 aliphatic carbocycles. The molecule has 2 aromatic rings. The summed E-state index contributed by atoms with van der Waals surface area (Å²) in [5, 5.41) is 10.2. The van der Waals surface area contributed by atoms with Gasteiger partial charge in [-0.15, -0.1) is 0 Å². The summed E-state index contributed by atoms with van der Waals surface area (Å²) in [7, 11) is 5.29. The van der Waals surface area contributed by atoms with Gasteiger partial charge in [-0.3, -0.25) is 10.2 Å². The maximum absolute atomic E-state index is 14.6. The molecular formula is C22H29FN4O3. The van der Waals surface area contributed by atoms with E-state index < -0.39 is 17.8 Å². The average Bonchev–Trinajstić information content (AvgIpc) is 2.72. The highest BCUT2D eigenvalue weighted by molar-refractivity contribution is 5.94.